The van der Waals surface area contributed by atoms with Gasteiger partial charge in [-0.05, 0) is 12.5 Å². The van der Waals surface area contributed by atoms with Crippen molar-refractivity contribution in [3.8, 4) is 0 Å². The number of morpholine rings is 1. The van der Waals surface area contributed by atoms with E-state index in [-0.39, 0.29) is 12.6 Å². The Balaban J connectivity index is 1.55. The molecule has 0 amide bonds. The lowest BCUT2D eigenvalue weighted by Crippen LogP contribution is -2.65. The number of nitrogens with zero attached hydrogens (tertiary/aromatic N) is 4. The fourth-order valence-corrected chi connectivity index (χ4v) is 3.57. The Morgan fingerprint density at radius 3 is 3.00 bits per heavy atom. The summed E-state index contributed by atoms with van der Waals surface area (Å²) in [7, 11) is 0. The van der Waals surface area contributed by atoms with E-state index in [2.05, 4.69) is 49.2 Å². The molecule has 0 spiro atoms. The number of aliphatic hydroxyl groups is 1. The third-order valence-electron chi connectivity index (χ3n) is 5.11. The van der Waals surface area contributed by atoms with Crippen molar-refractivity contribution in [2.24, 2.45) is 0 Å². The molecular formula is C19H24N6O2. The molecule has 27 heavy (non-hydrogen) atoms. The molecule has 8 heteroatoms. The molecule has 1 saturated heterocycles. The topological polar surface area (TPSA) is 99.2 Å². The number of hydrogen-bond acceptors (Lipinski definition) is 7. The maximum atomic E-state index is 10.3. The minimum Gasteiger partial charge on any atom is -0.394 e. The highest BCUT2D eigenvalue weighted by Crippen LogP contribution is 2.27. The van der Waals surface area contributed by atoms with E-state index in [1.807, 2.05) is 18.2 Å². The largest absolute Gasteiger partial charge is 0.394 e. The number of anilines is 1. The molecule has 3 N–H and O–H groups in total. The minimum absolute atomic E-state index is 0.0260. The molecule has 4 rings (SSSR count). The summed E-state index contributed by atoms with van der Waals surface area (Å²) in [4.78, 5) is 18.2. The summed E-state index contributed by atoms with van der Waals surface area (Å²) >= 11 is 0. The van der Waals surface area contributed by atoms with Gasteiger partial charge in [0.05, 0.1) is 37.9 Å². The maximum absolute atomic E-state index is 10.3. The van der Waals surface area contributed by atoms with Gasteiger partial charge in [-0.15, -0.1) is 0 Å². The SMILES string of the molecule is C[C@@H]1COC[C@@](CO)(CNc2ncc3[nH]cnc3n2)N1Cc1ccccc1. The number of aliphatic hydroxyl groups excluding tert-OH is 1. The molecule has 8 nitrogen and oxygen atoms in total. The number of aromatic nitrogens is 4. The fraction of sp³-hybridized carbons (Fsp3) is 0.421. The van der Waals surface area contributed by atoms with Crippen molar-refractivity contribution in [1.29, 1.82) is 0 Å². The number of benzene rings is 1. The predicted molar refractivity (Wildman–Crippen MR) is 102 cm³/mol. The molecule has 0 aliphatic carbocycles. The second-order valence-corrected chi connectivity index (χ2v) is 7.05. The lowest BCUT2D eigenvalue weighted by Gasteiger charge is -2.49. The van der Waals surface area contributed by atoms with E-state index in [1.165, 1.54) is 5.56 Å². The average Bonchev–Trinajstić information content (AvgIpc) is 3.17. The Hall–Kier alpha value is -2.55. The Labute approximate surface area is 157 Å². The number of H-pyrrole nitrogens is 1. The van der Waals surface area contributed by atoms with Crippen LogP contribution in [0.2, 0.25) is 0 Å². The number of hydrogen-bond donors (Lipinski definition) is 3. The van der Waals surface area contributed by atoms with Gasteiger partial charge in [0.2, 0.25) is 5.95 Å². The molecule has 0 unspecified atom stereocenters. The van der Waals surface area contributed by atoms with Crippen molar-refractivity contribution in [3.05, 3.63) is 48.4 Å². The van der Waals surface area contributed by atoms with Crippen LogP contribution in [0, 0.1) is 0 Å². The van der Waals surface area contributed by atoms with Crippen LogP contribution in [0.5, 0.6) is 0 Å². The smallest absolute Gasteiger partial charge is 0.224 e. The van der Waals surface area contributed by atoms with E-state index >= 15 is 0 Å². The lowest BCUT2D eigenvalue weighted by molar-refractivity contribution is -0.117. The normalized spacial score (nSPS) is 23.6. The van der Waals surface area contributed by atoms with E-state index in [1.54, 1.807) is 12.5 Å². The molecule has 3 heterocycles. The van der Waals surface area contributed by atoms with Gasteiger partial charge in [0.15, 0.2) is 5.65 Å². The molecule has 2 atom stereocenters. The molecule has 0 radical (unpaired) electrons. The van der Waals surface area contributed by atoms with Crippen molar-refractivity contribution >= 4 is 17.1 Å². The summed E-state index contributed by atoms with van der Waals surface area (Å²) in [6.07, 6.45) is 3.29. The molecule has 2 aromatic heterocycles. The molecule has 1 aliphatic rings. The molecule has 1 fully saturated rings. The summed E-state index contributed by atoms with van der Waals surface area (Å²) in [6.45, 7) is 4.40. The third kappa shape index (κ3) is 3.64. The lowest BCUT2D eigenvalue weighted by atomic mass is 9.94. The van der Waals surface area contributed by atoms with E-state index in [0.717, 1.165) is 12.1 Å². The molecule has 0 saturated carbocycles. The van der Waals surface area contributed by atoms with E-state index in [9.17, 15) is 5.11 Å². The van der Waals surface area contributed by atoms with Crippen molar-refractivity contribution in [2.75, 3.05) is 31.7 Å². The zero-order chi connectivity index (χ0) is 18.7. The number of rotatable bonds is 6. The number of nitrogens with one attached hydrogen (secondary N) is 2. The highest BCUT2D eigenvalue weighted by Gasteiger charge is 2.42. The summed E-state index contributed by atoms with van der Waals surface area (Å²) in [5, 5.41) is 13.6. The van der Waals surface area contributed by atoms with E-state index < -0.39 is 5.54 Å². The van der Waals surface area contributed by atoms with Crippen LogP contribution in [-0.4, -0.2) is 67.9 Å². The van der Waals surface area contributed by atoms with Gasteiger partial charge in [-0.2, -0.15) is 4.98 Å². The Morgan fingerprint density at radius 1 is 1.33 bits per heavy atom. The molecular weight excluding hydrogens is 344 g/mol. The summed E-state index contributed by atoms with van der Waals surface area (Å²) in [5.41, 5.74) is 2.05. The van der Waals surface area contributed by atoms with E-state index in [0.29, 0.717) is 31.4 Å². The number of aromatic amines is 1. The first-order chi connectivity index (χ1) is 13.2. The van der Waals surface area contributed by atoms with Crippen molar-refractivity contribution < 1.29 is 9.84 Å². The monoisotopic (exact) mass is 368 g/mol. The fourth-order valence-electron chi connectivity index (χ4n) is 3.57. The van der Waals surface area contributed by atoms with Gasteiger partial charge in [-0.3, -0.25) is 4.90 Å². The second kappa shape index (κ2) is 7.59. The maximum Gasteiger partial charge on any atom is 0.224 e. The molecule has 142 valence electrons. The molecule has 1 aromatic carbocycles. The Morgan fingerprint density at radius 2 is 2.19 bits per heavy atom. The standard InChI is InChI=1S/C19H24N6O2/c1-14-9-27-12-19(11-26,25(14)8-15-5-3-2-4-6-15)10-21-18-20-7-16-17(24-18)23-13-22-16/h2-7,13-14,26H,8-12H2,1H3,(H2,20,21,22,23,24)/t14-,19+/m1/s1. The van der Waals surface area contributed by atoms with Crippen LogP contribution in [-0.2, 0) is 11.3 Å². The first kappa shape index (κ1) is 17.8. The minimum atomic E-state index is -0.558. The van der Waals surface area contributed by atoms with Crippen LogP contribution in [0.1, 0.15) is 12.5 Å². The zero-order valence-corrected chi connectivity index (χ0v) is 15.3. The predicted octanol–water partition coefficient (Wildman–Crippen LogP) is 1.42. The molecule has 0 bridgehead atoms. The van der Waals surface area contributed by atoms with Crippen LogP contribution in [0.15, 0.2) is 42.9 Å². The van der Waals surface area contributed by atoms with Gasteiger partial charge in [-0.1, -0.05) is 30.3 Å². The quantitative estimate of drug-likeness (QED) is 0.605. The average molecular weight is 368 g/mol. The van der Waals surface area contributed by atoms with Gasteiger partial charge >= 0.3 is 0 Å². The van der Waals surface area contributed by atoms with E-state index in [4.69, 9.17) is 4.74 Å². The molecule has 3 aromatic rings. The summed E-state index contributed by atoms with van der Waals surface area (Å²) in [6, 6.07) is 10.5. The van der Waals surface area contributed by atoms with Gasteiger partial charge in [0, 0.05) is 19.1 Å². The second-order valence-electron chi connectivity index (χ2n) is 7.05. The van der Waals surface area contributed by atoms with Crippen LogP contribution < -0.4 is 5.32 Å². The zero-order valence-electron chi connectivity index (χ0n) is 15.3. The van der Waals surface area contributed by atoms with Crippen LogP contribution in [0.25, 0.3) is 11.2 Å². The first-order valence-corrected chi connectivity index (χ1v) is 9.09. The number of fused-ring (bicyclic) bond motifs is 1. The van der Waals surface area contributed by atoms with Gasteiger partial charge in [0.25, 0.3) is 0 Å². The van der Waals surface area contributed by atoms with Crippen molar-refractivity contribution in [3.63, 3.8) is 0 Å². The van der Waals surface area contributed by atoms with Crippen LogP contribution in [0.3, 0.4) is 0 Å². The first-order valence-electron chi connectivity index (χ1n) is 9.09. The highest BCUT2D eigenvalue weighted by atomic mass is 16.5. The Kier molecular flexibility index (Phi) is 5.02. The number of imidazole rings is 1. The van der Waals surface area contributed by atoms with Crippen molar-refractivity contribution in [2.45, 2.75) is 25.0 Å². The van der Waals surface area contributed by atoms with Gasteiger partial charge in [0.1, 0.15) is 5.52 Å². The molecule has 1 aliphatic heterocycles. The van der Waals surface area contributed by atoms with Crippen LogP contribution >= 0.6 is 0 Å². The summed E-state index contributed by atoms with van der Waals surface area (Å²) in [5.74, 6) is 0.486. The third-order valence-corrected chi connectivity index (χ3v) is 5.11. The van der Waals surface area contributed by atoms with Crippen LogP contribution in [0.4, 0.5) is 5.95 Å². The summed E-state index contributed by atoms with van der Waals surface area (Å²) < 4.78 is 5.80. The van der Waals surface area contributed by atoms with Crippen molar-refractivity contribution in [1.82, 2.24) is 24.8 Å². The number of ether oxygens (including phenoxy) is 1. The van der Waals surface area contributed by atoms with Gasteiger partial charge in [-0.25, -0.2) is 9.97 Å². The van der Waals surface area contributed by atoms with Gasteiger partial charge < -0.3 is 20.1 Å². The highest BCUT2D eigenvalue weighted by molar-refractivity contribution is 5.69. The Bertz CT molecular complexity index is 886.